The number of unbranched alkanes of at least 4 members (excludes halogenated alkanes) is 1. The van der Waals surface area contributed by atoms with Gasteiger partial charge in [0.1, 0.15) is 6.61 Å². The van der Waals surface area contributed by atoms with Gasteiger partial charge in [-0.3, -0.25) is 0 Å². The van der Waals surface area contributed by atoms with E-state index in [4.69, 9.17) is 10.2 Å². The van der Waals surface area contributed by atoms with Gasteiger partial charge >= 0.3 is 17.9 Å². The van der Waals surface area contributed by atoms with Crippen LogP contribution in [0.2, 0.25) is 0 Å². The van der Waals surface area contributed by atoms with Crippen LogP contribution in [0.3, 0.4) is 0 Å². The first-order chi connectivity index (χ1) is 11.3. The number of allylic oxidation sites excluding steroid dienone is 1. The minimum atomic E-state index is -0.845. The number of aliphatic hydroxyl groups excluding tert-OH is 1. The lowest BCUT2D eigenvalue weighted by atomic mass is 10.3. The second-order valence-electron chi connectivity index (χ2n) is 4.10. The average Bonchev–Trinajstić information content (AvgIpc) is 2.59. The minimum Gasteiger partial charge on any atom is -0.478 e. The topological polar surface area (TPSA) is 110 Å². The van der Waals surface area contributed by atoms with Gasteiger partial charge in [-0.2, -0.15) is 0 Å². The van der Waals surface area contributed by atoms with Gasteiger partial charge in [0.25, 0.3) is 0 Å². The highest BCUT2D eigenvalue weighted by Gasteiger charge is 1.93. The van der Waals surface area contributed by atoms with Gasteiger partial charge in [0.2, 0.25) is 0 Å². The second kappa shape index (κ2) is 20.6. The molecular weight excluding hydrogens is 316 g/mol. The van der Waals surface area contributed by atoms with Gasteiger partial charge in [-0.25, -0.2) is 14.4 Å². The van der Waals surface area contributed by atoms with Crippen molar-refractivity contribution in [3.8, 4) is 0 Å². The molecule has 7 heteroatoms. The Hall–Kier alpha value is -2.41. The van der Waals surface area contributed by atoms with Crippen LogP contribution < -0.4 is 0 Å². The van der Waals surface area contributed by atoms with Gasteiger partial charge < -0.3 is 19.7 Å². The maximum atomic E-state index is 10.3. The standard InChI is InChI=1S/C7H12O2.C5H8O3.C5H8O2/c1-3-5-6-9-7(8)4-2;1-2-5(7)8-4-3-6;1-3-4(2)5(6)7/h4H,2-3,5-6H2,1H3;2,6H,1,3-4H2;3H,1-2H3,(H,6,7). The van der Waals surface area contributed by atoms with Gasteiger partial charge in [-0.15, -0.1) is 0 Å². The Balaban J connectivity index is -0.000000278. The molecular formula is C17H28O7. The molecule has 0 aromatic rings. The molecule has 0 aliphatic rings. The van der Waals surface area contributed by atoms with Gasteiger partial charge in [-0.05, 0) is 20.3 Å². The molecule has 0 aromatic carbocycles. The first kappa shape index (κ1) is 26.5. The molecule has 0 radical (unpaired) electrons. The van der Waals surface area contributed by atoms with E-state index in [2.05, 4.69) is 22.6 Å². The normalized spacial score (nSPS) is 9.25. The van der Waals surface area contributed by atoms with Crippen molar-refractivity contribution < 1.29 is 34.1 Å². The molecule has 0 bridgehead atoms. The summed E-state index contributed by atoms with van der Waals surface area (Å²) in [6, 6.07) is 0. The van der Waals surface area contributed by atoms with Gasteiger partial charge in [-0.1, -0.05) is 32.6 Å². The zero-order chi connectivity index (χ0) is 19.4. The lowest BCUT2D eigenvalue weighted by molar-refractivity contribution is -0.139. The molecule has 0 rings (SSSR count). The summed E-state index contributed by atoms with van der Waals surface area (Å²) < 4.78 is 9.01. The van der Waals surface area contributed by atoms with Crippen molar-refractivity contribution in [1.29, 1.82) is 0 Å². The molecule has 0 saturated carbocycles. The Morgan fingerprint density at radius 2 is 1.50 bits per heavy atom. The predicted molar refractivity (Wildman–Crippen MR) is 91.4 cm³/mol. The zero-order valence-electron chi connectivity index (χ0n) is 14.6. The summed E-state index contributed by atoms with van der Waals surface area (Å²) in [6.45, 7) is 12.1. The lowest BCUT2D eigenvalue weighted by Gasteiger charge is -1.97. The molecule has 0 aliphatic heterocycles. The van der Waals surface area contributed by atoms with Crippen molar-refractivity contribution in [2.45, 2.75) is 33.6 Å². The average molecular weight is 344 g/mol. The minimum absolute atomic E-state index is 0.0465. The molecule has 0 atom stereocenters. The van der Waals surface area contributed by atoms with E-state index in [0.29, 0.717) is 12.2 Å². The number of rotatable bonds is 8. The lowest BCUT2D eigenvalue weighted by Crippen LogP contribution is -2.04. The second-order valence-corrected chi connectivity index (χ2v) is 4.10. The summed E-state index contributed by atoms with van der Waals surface area (Å²) in [4.78, 5) is 30.3. The van der Waals surface area contributed by atoms with Crippen molar-refractivity contribution in [3.05, 3.63) is 37.0 Å². The molecule has 7 nitrogen and oxygen atoms in total. The summed E-state index contributed by atoms with van der Waals surface area (Å²) in [5.41, 5.74) is 0.389. The molecule has 2 N–H and O–H groups in total. The molecule has 0 fully saturated rings. The summed E-state index contributed by atoms with van der Waals surface area (Å²) in [5, 5.41) is 16.2. The third kappa shape index (κ3) is 24.6. The number of aliphatic hydroxyl groups is 1. The van der Waals surface area contributed by atoms with Crippen LogP contribution >= 0.6 is 0 Å². The van der Waals surface area contributed by atoms with E-state index in [0.717, 1.165) is 18.9 Å². The van der Waals surface area contributed by atoms with Crippen LogP contribution in [0.15, 0.2) is 37.0 Å². The number of carbonyl (C=O) groups excluding carboxylic acids is 2. The van der Waals surface area contributed by atoms with Gasteiger partial charge in [0, 0.05) is 17.7 Å². The van der Waals surface area contributed by atoms with Gasteiger partial charge in [0.15, 0.2) is 0 Å². The number of carbonyl (C=O) groups is 3. The Bertz CT molecular complexity index is 411. The summed E-state index contributed by atoms with van der Waals surface area (Å²) in [5.74, 6) is -1.68. The molecule has 0 spiro atoms. The molecule has 0 aliphatic carbocycles. The third-order valence-corrected chi connectivity index (χ3v) is 2.18. The van der Waals surface area contributed by atoms with Crippen LogP contribution in [0.1, 0.15) is 33.6 Å². The van der Waals surface area contributed by atoms with E-state index in [1.807, 2.05) is 6.92 Å². The van der Waals surface area contributed by atoms with Crippen LogP contribution in [-0.2, 0) is 23.9 Å². The molecule has 24 heavy (non-hydrogen) atoms. The fraction of sp³-hybridized carbons (Fsp3) is 0.471. The van der Waals surface area contributed by atoms with Crippen molar-refractivity contribution in [2.75, 3.05) is 19.8 Å². The smallest absolute Gasteiger partial charge is 0.330 e. The molecule has 0 saturated heterocycles. The van der Waals surface area contributed by atoms with E-state index in [9.17, 15) is 14.4 Å². The quantitative estimate of drug-likeness (QED) is 0.395. The zero-order valence-corrected chi connectivity index (χ0v) is 14.6. The number of carboxylic acid groups (broad SMARTS) is 1. The number of aliphatic carboxylic acids is 1. The summed E-state index contributed by atoms with van der Waals surface area (Å²) in [6.07, 6.45) is 5.76. The van der Waals surface area contributed by atoms with E-state index in [1.165, 1.54) is 6.08 Å². The van der Waals surface area contributed by atoms with Gasteiger partial charge in [0.05, 0.1) is 13.2 Å². The molecule has 0 amide bonds. The molecule has 0 unspecified atom stereocenters. The first-order valence-electron chi connectivity index (χ1n) is 7.35. The van der Waals surface area contributed by atoms with Crippen molar-refractivity contribution in [2.24, 2.45) is 0 Å². The predicted octanol–water partition coefficient (Wildman–Crippen LogP) is 2.26. The number of esters is 2. The largest absolute Gasteiger partial charge is 0.478 e. The highest BCUT2D eigenvalue weighted by atomic mass is 16.5. The monoisotopic (exact) mass is 344 g/mol. The van der Waals surface area contributed by atoms with E-state index >= 15 is 0 Å². The number of hydrogen-bond acceptors (Lipinski definition) is 6. The van der Waals surface area contributed by atoms with E-state index in [-0.39, 0.29) is 19.2 Å². The van der Waals surface area contributed by atoms with Crippen molar-refractivity contribution in [1.82, 2.24) is 0 Å². The highest BCUT2D eigenvalue weighted by Crippen LogP contribution is 1.88. The Labute approximate surface area is 143 Å². The fourth-order valence-electron chi connectivity index (χ4n) is 0.705. The number of hydrogen-bond donors (Lipinski definition) is 2. The van der Waals surface area contributed by atoms with Crippen LogP contribution in [0.25, 0.3) is 0 Å². The molecule has 138 valence electrons. The van der Waals surface area contributed by atoms with E-state index < -0.39 is 11.9 Å². The van der Waals surface area contributed by atoms with Crippen molar-refractivity contribution >= 4 is 17.9 Å². The number of ether oxygens (including phenoxy) is 2. The highest BCUT2D eigenvalue weighted by molar-refractivity contribution is 5.85. The van der Waals surface area contributed by atoms with Crippen LogP contribution in [0, 0.1) is 0 Å². The molecule has 0 aromatic heterocycles. The van der Waals surface area contributed by atoms with Crippen LogP contribution in [0.5, 0.6) is 0 Å². The van der Waals surface area contributed by atoms with E-state index in [1.54, 1.807) is 19.9 Å². The fourth-order valence-corrected chi connectivity index (χ4v) is 0.705. The Morgan fingerprint density at radius 1 is 1.04 bits per heavy atom. The Kier molecular flexibility index (Phi) is 22.7. The molecule has 0 heterocycles. The first-order valence-corrected chi connectivity index (χ1v) is 7.35. The summed E-state index contributed by atoms with van der Waals surface area (Å²) in [7, 11) is 0. The summed E-state index contributed by atoms with van der Waals surface area (Å²) >= 11 is 0. The van der Waals surface area contributed by atoms with Crippen LogP contribution in [0.4, 0.5) is 0 Å². The van der Waals surface area contributed by atoms with Crippen molar-refractivity contribution in [3.63, 3.8) is 0 Å². The number of carboxylic acids is 1. The third-order valence-electron chi connectivity index (χ3n) is 2.18. The maximum Gasteiger partial charge on any atom is 0.330 e. The Morgan fingerprint density at radius 3 is 1.75 bits per heavy atom. The SMILES string of the molecule is C=CC(=O)OCCCC.C=CC(=O)OCCO.CC=C(C)C(=O)O. The maximum absolute atomic E-state index is 10.3. The van der Waals surface area contributed by atoms with Crippen LogP contribution in [-0.4, -0.2) is 47.9 Å².